The normalized spacial score (nSPS) is 20.0. The second-order valence-electron chi connectivity index (χ2n) is 7.23. The quantitative estimate of drug-likeness (QED) is 0.781. The molecule has 4 nitrogen and oxygen atoms in total. The van der Waals surface area contributed by atoms with Crippen molar-refractivity contribution in [3.05, 3.63) is 41.7 Å². The standard InChI is InChI=1S/C21H29FN2O2/c22-20-6-3-18(4-7-20)2-1-11-23-12-9-19(10-13-23)5-8-21(25)24-14-16-26-17-15-24/h1-4,6-7,19H,5,8-17H2. The average Bonchev–Trinajstić information content (AvgIpc) is 2.69. The van der Waals surface area contributed by atoms with Gasteiger partial charge in [0.1, 0.15) is 5.82 Å². The van der Waals surface area contributed by atoms with Crippen LogP contribution in [-0.4, -0.2) is 61.6 Å². The summed E-state index contributed by atoms with van der Waals surface area (Å²) in [6.07, 6.45) is 8.22. The van der Waals surface area contributed by atoms with Crippen LogP contribution in [0.3, 0.4) is 0 Å². The van der Waals surface area contributed by atoms with Crippen LogP contribution in [0.4, 0.5) is 4.39 Å². The van der Waals surface area contributed by atoms with Gasteiger partial charge < -0.3 is 9.64 Å². The molecular formula is C21H29FN2O2. The predicted molar refractivity (Wildman–Crippen MR) is 101 cm³/mol. The molecule has 3 rings (SSSR count). The van der Waals surface area contributed by atoms with E-state index in [4.69, 9.17) is 4.74 Å². The van der Waals surface area contributed by atoms with Gasteiger partial charge in [0.15, 0.2) is 0 Å². The van der Waals surface area contributed by atoms with Crippen LogP contribution in [-0.2, 0) is 9.53 Å². The van der Waals surface area contributed by atoms with Crippen molar-refractivity contribution in [3.63, 3.8) is 0 Å². The van der Waals surface area contributed by atoms with Crippen molar-refractivity contribution in [1.29, 1.82) is 0 Å². The molecule has 0 saturated carbocycles. The van der Waals surface area contributed by atoms with Crippen molar-refractivity contribution >= 4 is 12.0 Å². The monoisotopic (exact) mass is 360 g/mol. The Morgan fingerprint density at radius 1 is 1.12 bits per heavy atom. The molecule has 2 aliphatic heterocycles. The van der Waals surface area contributed by atoms with Gasteiger partial charge in [-0.25, -0.2) is 4.39 Å². The van der Waals surface area contributed by atoms with Crippen molar-refractivity contribution in [2.75, 3.05) is 45.9 Å². The smallest absolute Gasteiger partial charge is 0.222 e. The minimum Gasteiger partial charge on any atom is -0.378 e. The lowest BCUT2D eigenvalue weighted by Crippen LogP contribution is -2.41. The number of carbonyl (C=O) groups is 1. The van der Waals surface area contributed by atoms with Gasteiger partial charge in [0.25, 0.3) is 0 Å². The summed E-state index contributed by atoms with van der Waals surface area (Å²) in [4.78, 5) is 16.6. The number of benzene rings is 1. The van der Waals surface area contributed by atoms with E-state index in [1.54, 1.807) is 12.1 Å². The van der Waals surface area contributed by atoms with Crippen molar-refractivity contribution in [3.8, 4) is 0 Å². The highest BCUT2D eigenvalue weighted by atomic mass is 19.1. The van der Waals surface area contributed by atoms with Crippen LogP contribution in [0, 0.1) is 11.7 Å². The maximum Gasteiger partial charge on any atom is 0.222 e. The minimum atomic E-state index is -0.198. The first-order valence-corrected chi connectivity index (χ1v) is 9.71. The Kier molecular flexibility index (Phi) is 7.21. The maximum absolute atomic E-state index is 12.9. The van der Waals surface area contributed by atoms with Gasteiger partial charge in [0.05, 0.1) is 13.2 Å². The third-order valence-corrected chi connectivity index (χ3v) is 5.38. The summed E-state index contributed by atoms with van der Waals surface area (Å²) in [5.41, 5.74) is 1.03. The van der Waals surface area contributed by atoms with E-state index in [0.29, 0.717) is 25.6 Å². The summed E-state index contributed by atoms with van der Waals surface area (Å²) in [6, 6.07) is 6.57. The molecule has 26 heavy (non-hydrogen) atoms. The van der Waals surface area contributed by atoms with E-state index in [9.17, 15) is 9.18 Å². The van der Waals surface area contributed by atoms with Gasteiger partial charge in [-0.15, -0.1) is 0 Å². The summed E-state index contributed by atoms with van der Waals surface area (Å²) in [7, 11) is 0. The van der Waals surface area contributed by atoms with Gasteiger partial charge in [-0.05, 0) is 56.0 Å². The Morgan fingerprint density at radius 3 is 2.50 bits per heavy atom. The van der Waals surface area contributed by atoms with Crippen LogP contribution in [0.25, 0.3) is 6.08 Å². The number of carbonyl (C=O) groups excluding carboxylic acids is 1. The molecule has 2 fully saturated rings. The highest BCUT2D eigenvalue weighted by Crippen LogP contribution is 2.22. The number of hydrogen-bond acceptors (Lipinski definition) is 3. The number of rotatable bonds is 6. The fourth-order valence-electron chi connectivity index (χ4n) is 3.67. The Labute approximate surface area is 155 Å². The number of morpholine rings is 1. The van der Waals surface area contributed by atoms with Crippen molar-refractivity contribution < 1.29 is 13.9 Å². The molecule has 0 spiro atoms. The second-order valence-corrected chi connectivity index (χ2v) is 7.23. The SMILES string of the molecule is O=C(CCC1CCN(CC=Cc2ccc(F)cc2)CC1)N1CCOCC1. The van der Waals surface area contributed by atoms with Crippen LogP contribution < -0.4 is 0 Å². The number of nitrogens with zero attached hydrogens (tertiary/aromatic N) is 2. The molecular weight excluding hydrogens is 331 g/mol. The molecule has 0 aromatic heterocycles. The minimum absolute atomic E-state index is 0.198. The fraction of sp³-hybridized carbons (Fsp3) is 0.571. The van der Waals surface area contributed by atoms with Gasteiger partial charge in [0, 0.05) is 26.1 Å². The molecule has 1 aromatic carbocycles. The first-order valence-electron chi connectivity index (χ1n) is 9.71. The summed E-state index contributed by atoms with van der Waals surface area (Å²) >= 11 is 0. The van der Waals surface area contributed by atoms with E-state index in [0.717, 1.165) is 44.7 Å². The molecule has 2 aliphatic rings. The number of ether oxygens (including phenoxy) is 1. The van der Waals surface area contributed by atoms with Crippen molar-refractivity contribution in [2.24, 2.45) is 5.92 Å². The molecule has 0 radical (unpaired) electrons. The lowest BCUT2D eigenvalue weighted by Gasteiger charge is -2.32. The molecule has 0 unspecified atom stereocenters. The summed E-state index contributed by atoms with van der Waals surface area (Å²) in [5.74, 6) is 0.756. The number of piperidine rings is 1. The zero-order chi connectivity index (χ0) is 18.2. The van der Waals surface area contributed by atoms with E-state index >= 15 is 0 Å². The molecule has 2 saturated heterocycles. The summed E-state index contributed by atoms with van der Waals surface area (Å²) in [6.45, 7) is 5.95. The third kappa shape index (κ3) is 5.92. The third-order valence-electron chi connectivity index (χ3n) is 5.38. The summed E-state index contributed by atoms with van der Waals surface area (Å²) in [5, 5.41) is 0. The lowest BCUT2D eigenvalue weighted by molar-refractivity contribution is -0.135. The number of likely N-dealkylation sites (tertiary alicyclic amines) is 1. The molecule has 5 heteroatoms. The molecule has 0 bridgehead atoms. The zero-order valence-corrected chi connectivity index (χ0v) is 15.4. The number of amides is 1. The lowest BCUT2D eigenvalue weighted by atomic mass is 9.92. The Morgan fingerprint density at radius 2 is 1.81 bits per heavy atom. The molecule has 1 aromatic rings. The van der Waals surface area contributed by atoms with Crippen molar-refractivity contribution in [1.82, 2.24) is 9.80 Å². The molecule has 0 atom stereocenters. The first-order chi connectivity index (χ1) is 12.7. The topological polar surface area (TPSA) is 32.8 Å². The Hall–Kier alpha value is -1.72. The summed E-state index contributed by atoms with van der Waals surface area (Å²) < 4.78 is 18.2. The van der Waals surface area contributed by atoms with Gasteiger partial charge >= 0.3 is 0 Å². The molecule has 2 heterocycles. The molecule has 0 aliphatic carbocycles. The number of halogens is 1. The van der Waals surface area contributed by atoms with Gasteiger partial charge in [-0.1, -0.05) is 24.3 Å². The fourth-order valence-corrected chi connectivity index (χ4v) is 3.67. The van der Waals surface area contributed by atoms with E-state index < -0.39 is 0 Å². The first kappa shape index (κ1) is 19.1. The van der Waals surface area contributed by atoms with E-state index in [2.05, 4.69) is 11.0 Å². The van der Waals surface area contributed by atoms with E-state index in [-0.39, 0.29) is 11.7 Å². The van der Waals surface area contributed by atoms with Gasteiger partial charge in [-0.3, -0.25) is 9.69 Å². The molecule has 142 valence electrons. The van der Waals surface area contributed by atoms with Crippen LogP contribution >= 0.6 is 0 Å². The largest absolute Gasteiger partial charge is 0.378 e. The van der Waals surface area contributed by atoms with E-state index in [1.807, 2.05) is 11.0 Å². The highest BCUT2D eigenvalue weighted by molar-refractivity contribution is 5.76. The number of hydrogen-bond donors (Lipinski definition) is 0. The average molecular weight is 360 g/mol. The van der Waals surface area contributed by atoms with E-state index in [1.165, 1.54) is 25.0 Å². The Bertz CT molecular complexity index is 589. The maximum atomic E-state index is 12.9. The second kappa shape index (κ2) is 9.83. The molecule has 0 N–H and O–H groups in total. The predicted octanol–water partition coefficient (Wildman–Crippen LogP) is 3.19. The van der Waals surface area contributed by atoms with Crippen LogP contribution in [0.1, 0.15) is 31.2 Å². The van der Waals surface area contributed by atoms with Crippen LogP contribution in [0.5, 0.6) is 0 Å². The van der Waals surface area contributed by atoms with Crippen molar-refractivity contribution in [2.45, 2.75) is 25.7 Å². The molecule has 1 amide bonds. The van der Waals surface area contributed by atoms with Gasteiger partial charge in [-0.2, -0.15) is 0 Å². The zero-order valence-electron chi connectivity index (χ0n) is 15.4. The van der Waals surface area contributed by atoms with Crippen LogP contribution in [0.2, 0.25) is 0 Å². The highest BCUT2D eigenvalue weighted by Gasteiger charge is 2.21. The Balaban J connectivity index is 1.32. The van der Waals surface area contributed by atoms with Gasteiger partial charge in [0.2, 0.25) is 5.91 Å². The van der Waals surface area contributed by atoms with Crippen LogP contribution in [0.15, 0.2) is 30.3 Å².